The molecule has 2 aromatic rings. The maximum Gasteiger partial charge on any atom is 0.270 e. The Morgan fingerprint density at radius 3 is 2.84 bits per heavy atom. The molecule has 1 aliphatic rings. The van der Waals surface area contributed by atoms with Gasteiger partial charge in [0.15, 0.2) is 0 Å². The molecule has 1 N–H and O–H groups in total. The van der Waals surface area contributed by atoms with Gasteiger partial charge in [0.1, 0.15) is 12.1 Å². The minimum absolute atomic E-state index is 0.0590. The number of nitro groups is 1. The van der Waals surface area contributed by atoms with E-state index in [-0.39, 0.29) is 5.69 Å². The van der Waals surface area contributed by atoms with Crippen LogP contribution in [0.25, 0.3) is 10.9 Å². The molecular weight excluding hydrogens is 246 g/mol. The van der Waals surface area contributed by atoms with Crippen LogP contribution in [0.15, 0.2) is 24.5 Å². The Balaban J connectivity index is 2.11. The van der Waals surface area contributed by atoms with Crippen LogP contribution in [-0.4, -0.2) is 41.1 Å². The first-order valence-electron chi connectivity index (χ1n) is 5.99. The number of nitrogens with zero attached hydrogens (tertiary/aromatic N) is 4. The first-order chi connectivity index (χ1) is 9.16. The Morgan fingerprint density at radius 2 is 2.21 bits per heavy atom. The number of benzene rings is 1. The van der Waals surface area contributed by atoms with Gasteiger partial charge in [0.25, 0.3) is 5.69 Å². The van der Waals surface area contributed by atoms with E-state index in [2.05, 4.69) is 15.3 Å². The lowest BCUT2D eigenvalue weighted by Crippen LogP contribution is -2.56. The number of hydrogen-bond acceptors (Lipinski definition) is 6. The molecule has 0 atom stereocenters. The van der Waals surface area contributed by atoms with E-state index in [0.717, 1.165) is 24.4 Å². The largest absolute Gasteiger partial charge is 0.354 e. The molecular formula is C12H13N5O2. The molecule has 1 fully saturated rings. The average molecular weight is 259 g/mol. The normalized spacial score (nSPS) is 15.2. The van der Waals surface area contributed by atoms with E-state index < -0.39 is 4.92 Å². The van der Waals surface area contributed by atoms with Gasteiger partial charge in [-0.25, -0.2) is 9.97 Å². The zero-order valence-electron chi connectivity index (χ0n) is 10.4. The lowest BCUT2D eigenvalue weighted by atomic mass is 10.1. The molecule has 7 nitrogen and oxygen atoms in total. The summed E-state index contributed by atoms with van der Waals surface area (Å²) in [6.45, 7) is 1.80. The highest BCUT2D eigenvalue weighted by Gasteiger charge is 2.24. The van der Waals surface area contributed by atoms with Crippen molar-refractivity contribution >= 4 is 22.4 Å². The quantitative estimate of drug-likeness (QED) is 0.652. The Labute approximate surface area is 109 Å². The van der Waals surface area contributed by atoms with Crippen LogP contribution in [0.4, 0.5) is 11.5 Å². The fourth-order valence-corrected chi connectivity index (χ4v) is 2.15. The number of nitrogens with one attached hydrogen (secondary N) is 1. The van der Waals surface area contributed by atoms with Crippen molar-refractivity contribution in [1.29, 1.82) is 0 Å². The van der Waals surface area contributed by atoms with Gasteiger partial charge in [0, 0.05) is 37.7 Å². The van der Waals surface area contributed by atoms with Crippen LogP contribution in [0.2, 0.25) is 0 Å². The number of aromatic nitrogens is 2. The highest BCUT2D eigenvalue weighted by atomic mass is 16.6. The summed E-state index contributed by atoms with van der Waals surface area (Å²) in [7, 11) is 1.95. The molecule has 0 saturated carbocycles. The van der Waals surface area contributed by atoms with Crippen molar-refractivity contribution < 1.29 is 4.92 Å². The van der Waals surface area contributed by atoms with Crippen molar-refractivity contribution in [2.75, 3.05) is 25.0 Å². The second-order valence-corrected chi connectivity index (χ2v) is 4.58. The fourth-order valence-electron chi connectivity index (χ4n) is 2.15. The summed E-state index contributed by atoms with van der Waals surface area (Å²) in [6.07, 6.45) is 1.49. The number of likely N-dealkylation sites (N-methyl/N-ethyl adjacent to an activating group) is 1. The summed E-state index contributed by atoms with van der Waals surface area (Å²) in [4.78, 5) is 20.9. The van der Waals surface area contributed by atoms with E-state index in [4.69, 9.17) is 0 Å². The molecule has 1 aromatic heterocycles. The van der Waals surface area contributed by atoms with E-state index >= 15 is 0 Å². The predicted octanol–water partition coefficient (Wildman–Crippen LogP) is 0.946. The van der Waals surface area contributed by atoms with Gasteiger partial charge >= 0.3 is 0 Å². The van der Waals surface area contributed by atoms with E-state index in [1.165, 1.54) is 18.5 Å². The van der Waals surface area contributed by atoms with Crippen molar-refractivity contribution in [3.63, 3.8) is 0 Å². The molecule has 0 amide bonds. The minimum atomic E-state index is -0.402. The zero-order chi connectivity index (χ0) is 13.4. The van der Waals surface area contributed by atoms with E-state index in [9.17, 15) is 10.1 Å². The van der Waals surface area contributed by atoms with Gasteiger partial charge in [-0.1, -0.05) is 0 Å². The number of anilines is 1. The Hall–Kier alpha value is -2.28. The average Bonchev–Trinajstić information content (AvgIpc) is 2.35. The predicted molar refractivity (Wildman–Crippen MR) is 71.3 cm³/mol. The van der Waals surface area contributed by atoms with Gasteiger partial charge in [-0.15, -0.1) is 0 Å². The third-order valence-corrected chi connectivity index (χ3v) is 3.45. The molecule has 98 valence electrons. The Morgan fingerprint density at radius 1 is 1.42 bits per heavy atom. The summed E-state index contributed by atoms with van der Waals surface area (Å²) >= 11 is 0. The first kappa shape index (κ1) is 11.8. The van der Waals surface area contributed by atoms with Crippen LogP contribution in [0, 0.1) is 10.1 Å². The molecule has 0 bridgehead atoms. The summed E-state index contributed by atoms with van der Waals surface area (Å²) in [5.41, 5.74) is 0.776. The molecule has 1 saturated heterocycles. The Kier molecular flexibility index (Phi) is 2.75. The number of rotatable bonds is 3. The molecule has 1 aromatic carbocycles. The highest BCUT2D eigenvalue weighted by Crippen LogP contribution is 2.27. The first-order valence-corrected chi connectivity index (χ1v) is 5.99. The number of hydrogen-bond donors (Lipinski definition) is 1. The second-order valence-electron chi connectivity index (χ2n) is 4.58. The standard InChI is InChI=1S/C12H13N5O2/c1-16(9-5-13-6-9)12-10-4-8(17(18)19)2-3-11(10)14-7-15-12/h2-4,7,9,13H,5-6H2,1H3. The molecule has 7 heteroatoms. The van der Waals surface area contributed by atoms with Gasteiger partial charge in [0.05, 0.1) is 16.5 Å². The maximum atomic E-state index is 10.9. The van der Waals surface area contributed by atoms with Gasteiger partial charge in [-0.05, 0) is 6.07 Å². The fraction of sp³-hybridized carbons (Fsp3) is 0.333. The lowest BCUT2D eigenvalue weighted by molar-refractivity contribution is -0.384. The van der Waals surface area contributed by atoms with Crippen LogP contribution in [0.5, 0.6) is 0 Å². The second kappa shape index (κ2) is 4.43. The number of nitro benzene ring substituents is 1. The Bertz CT molecular complexity index is 641. The van der Waals surface area contributed by atoms with Crippen LogP contribution >= 0.6 is 0 Å². The van der Waals surface area contributed by atoms with E-state index in [1.54, 1.807) is 6.07 Å². The number of fused-ring (bicyclic) bond motifs is 1. The van der Waals surface area contributed by atoms with Gasteiger partial charge < -0.3 is 10.2 Å². The molecule has 0 spiro atoms. The third kappa shape index (κ3) is 1.97. The topological polar surface area (TPSA) is 84.2 Å². The van der Waals surface area contributed by atoms with Crippen molar-refractivity contribution in [3.05, 3.63) is 34.6 Å². The molecule has 1 aliphatic heterocycles. The van der Waals surface area contributed by atoms with Crippen molar-refractivity contribution in [3.8, 4) is 0 Å². The van der Waals surface area contributed by atoms with Gasteiger partial charge in [0.2, 0.25) is 0 Å². The maximum absolute atomic E-state index is 10.9. The van der Waals surface area contributed by atoms with Crippen molar-refractivity contribution in [2.45, 2.75) is 6.04 Å². The highest BCUT2D eigenvalue weighted by molar-refractivity contribution is 5.91. The zero-order valence-corrected chi connectivity index (χ0v) is 10.4. The summed E-state index contributed by atoms with van der Waals surface area (Å²) in [5.74, 6) is 0.736. The number of non-ortho nitro benzene ring substituents is 1. The summed E-state index contributed by atoms with van der Waals surface area (Å²) < 4.78 is 0. The molecule has 0 unspecified atom stereocenters. The van der Waals surface area contributed by atoms with Crippen molar-refractivity contribution in [1.82, 2.24) is 15.3 Å². The van der Waals surface area contributed by atoms with Crippen molar-refractivity contribution in [2.24, 2.45) is 0 Å². The molecule has 3 rings (SSSR count). The molecule has 2 heterocycles. The van der Waals surface area contributed by atoms with Crippen LogP contribution in [0.3, 0.4) is 0 Å². The minimum Gasteiger partial charge on any atom is -0.354 e. The van der Waals surface area contributed by atoms with Crippen LogP contribution in [-0.2, 0) is 0 Å². The van der Waals surface area contributed by atoms with Crippen LogP contribution in [0.1, 0.15) is 0 Å². The van der Waals surface area contributed by atoms with Gasteiger partial charge in [-0.3, -0.25) is 10.1 Å². The monoisotopic (exact) mass is 259 g/mol. The third-order valence-electron chi connectivity index (χ3n) is 3.45. The van der Waals surface area contributed by atoms with Gasteiger partial charge in [-0.2, -0.15) is 0 Å². The van der Waals surface area contributed by atoms with Crippen LogP contribution < -0.4 is 10.2 Å². The SMILES string of the molecule is CN(c1ncnc2ccc([N+](=O)[O-])cc12)C1CNC1. The molecule has 19 heavy (non-hydrogen) atoms. The lowest BCUT2D eigenvalue weighted by Gasteiger charge is -2.36. The molecule has 0 radical (unpaired) electrons. The van der Waals surface area contributed by atoms with E-state index in [0.29, 0.717) is 11.4 Å². The summed E-state index contributed by atoms with van der Waals surface area (Å²) in [5, 5.41) is 14.8. The summed E-state index contributed by atoms with van der Waals surface area (Å²) in [6, 6.07) is 5.03. The van der Waals surface area contributed by atoms with E-state index in [1.807, 2.05) is 11.9 Å². The molecule has 0 aliphatic carbocycles. The smallest absolute Gasteiger partial charge is 0.270 e.